The summed E-state index contributed by atoms with van der Waals surface area (Å²) in [4.78, 5) is 33.2. The Balaban J connectivity index is 4.35. The molecule has 0 rings (SSSR count). The van der Waals surface area contributed by atoms with E-state index in [-0.39, 0.29) is 0 Å². The minimum atomic E-state index is -4.54. The van der Waals surface area contributed by atoms with E-state index in [1.807, 2.05) is 0 Å². The first-order valence-electron chi connectivity index (χ1n) is 2.41. The molecule has 0 saturated heterocycles. The van der Waals surface area contributed by atoms with Crippen molar-refractivity contribution in [2.75, 3.05) is 6.16 Å². The third-order valence-electron chi connectivity index (χ3n) is 0.800. The molecule has 66 valence electrons. The predicted octanol–water partition coefficient (Wildman–Crippen LogP) is -0.145. The molecule has 0 unspecified atom stereocenters. The molecule has 0 bridgehead atoms. The number of allylic oxidation sites excluding steroid dienone is 1. The minimum absolute atomic E-state index is 0.745. The van der Waals surface area contributed by atoms with E-state index in [1.54, 1.807) is 0 Å². The first-order valence-corrected chi connectivity index (χ1v) is 5.82. The standard InChI is InChI=1S/C3H8O6P2/c1-3(11(7,8)9)2-10(4,5)6/h1-2H2,(H2,4,5,6)(H2,7,8,9). The van der Waals surface area contributed by atoms with Crippen LogP contribution in [0.5, 0.6) is 0 Å². The molecule has 0 amide bonds. The highest BCUT2D eigenvalue weighted by Crippen LogP contribution is 2.50. The maximum atomic E-state index is 10.3. The SMILES string of the molecule is C=C(CP(=O)(O)O)P(=O)(O)O. The molecule has 0 radical (unpaired) electrons. The Morgan fingerprint density at radius 1 is 1.18 bits per heavy atom. The van der Waals surface area contributed by atoms with Gasteiger partial charge in [-0.05, 0) is 0 Å². The molecule has 0 aromatic rings. The van der Waals surface area contributed by atoms with E-state index in [0.29, 0.717) is 0 Å². The quantitative estimate of drug-likeness (QED) is 0.473. The van der Waals surface area contributed by atoms with Crippen LogP contribution < -0.4 is 0 Å². The maximum Gasteiger partial charge on any atom is 0.352 e. The van der Waals surface area contributed by atoms with Crippen molar-refractivity contribution in [3.05, 3.63) is 11.9 Å². The lowest BCUT2D eigenvalue weighted by Gasteiger charge is -2.07. The van der Waals surface area contributed by atoms with Crippen molar-refractivity contribution in [2.24, 2.45) is 0 Å². The van der Waals surface area contributed by atoms with Crippen LogP contribution in [0.1, 0.15) is 0 Å². The van der Waals surface area contributed by atoms with Crippen LogP contribution in [0.15, 0.2) is 11.9 Å². The molecule has 0 aliphatic carbocycles. The second-order valence-electron chi connectivity index (χ2n) is 1.93. The molecule has 0 spiro atoms. The molecule has 0 aromatic heterocycles. The average molecular weight is 202 g/mol. The fraction of sp³-hybridized carbons (Fsp3) is 0.333. The second kappa shape index (κ2) is 3.19. The van der Waals surface area contributed by atoms with Crippen molar-refractivity contribution in [3.63, 3.8) is 0 Å². The number of rotatable bonds is 3. The normalized spacial score (nSPS) is 13.1. The molecular formula is C3H8O6P2. The lowest BCUT2D eigenvalue weighted by Crippen LogP contribution is -1.92. The van der Waals surface area contributed by atoms with Crippen LogP contribution in [-0.2, 0) is 9.13 Å². The van der Waals surface area contributed by atoms with E-state index >= 15 is 0 Å². The van der Waals surface area contributed by atoms with Gasteiger partial charge in [-0.15, -0.1) is 0 Å². The van der Waals surface area contributed by atoms with Crippen LogP contribution in [0.3, 0.4) is 0 Å². The van der Waals surface area contributed by atoms with Gasteiger partial charge in [-0.2, -0.15) is 0 Å². The van der Waals surface area contributed by atoms with E-state index < -0.39 is 26.7 Å². The average Bonchev–Trinajstić information content (AvgIpc) is 1.56. The summed E-state index contributed by atoms with van der Waals surface area (Å²) < 4.78 is 20.4. The monoisotopic (exact) mass is 202 g/mol. The second-order valence-corrected chi connectivity index (χ2v) is 5.30. The lowest BCUT2D eigenvalue weighted by molar-refractivity contribution is 0.367. The summed E-state index contributed by atoms with van der Waals surface area (Å²) in [5.74, 6) is 0. The van der Waals surface area contributed by atoms with E-state index in [4.69, 9.17) is 19.6 Å². The summed E-state index contributed by atoms with van der Waals surface area (Å²) in [5, 5.41) is -0.745. The van der Waals surface area contributed by atoms with Crippen molar-refractivity contribution in [2.45, 2.75) is 0 Å². The Morgan fingerprint density at radius 2 is 1.55 bits per heavy atom. The highest BCUT2D eigenvalue weighted by atomic mass is 31.2. The van der Waals surface area contributed by atoms with E-state index in [1.165, 1.54) is 0 Å². The summed E-state index contributed by atoms with van der Waals surface area (Å²) in [6.45, 7) is 2.86. The van der Waals surface area contributed by atoms with Crippen molar-refractivity contribution in [3.8, 4) is 0 Å². The Labute approximate surface area is 62.9 Å². The van der Waals surface area contributed by atoms with Gasteiger partial charge in [-0.25, -0.2) is 0 Å². The van der Waals surface area contributed by atoms with Crippen molar-refractivity contribution < 1.29 is 28.7 Å². The zero-order chi connectivity index (χ0) is 9.28. The summed E-state index contributed by atoms with van der Waals surface area (Å²) in [6.07, 6.45) is -0.975. The predicted molar refractivity (Wildman–Crippen MR) is 38.1 cm³/mol. The van der Waals surface area contributed by atoms with Gasteiger partial charge < -0.3 is 19.6 Å². The van der Waals surface area contributed by atoms with E-state index in [9.17, 15) is 9.13 Å². The Morgan fingerprint density at radius 3 is 1.64 bits per heavy atom. The summed E-state index contributed by atoms with van der Waals surface area (Å²) in [6, 6.07) is 0. The van der Waals surface area contributed by atoms with Gasteiger partial charge in [0.2, 0.25) is 0 Å². The molecule has 8 heteroatoms. The van der Waals surface area contributed by atoms with Gasteiger partial charge in [0, 0.05) is 5.31 Å². The van der Waals surface area contributed by atoms with Crippen LogP contribution in [0.25, 0.3) is 0 Å². The van der Waals surface area contributed by atoms with Crippen LogP contribution in [0.2, 0.25) is 0 Å². The molecule has 0 fully saturated rings. The van der Waals surface area contributed by atoms with Gasteiger partial charge in [-0.3, -0.25) is 9.13 Å². The van der Waals surface area contributed by atoms with Crippen molar-refractivity contribution in [1.29, 1.82) is 0 Å². The van der Waals surface area contributed by atoms with Crippen molar-refractivity contribution >= 4 is 15.2 Å². The lowest BCUT2D eigenvalue weighted by atomic mass is 10.7. The van der Waals surface area contributed by atoms with Gasteiger partial charge in [0.05, 0.1) is 6.16 Å². The van der Waals surface area contributed by atoms with Crippen LogP contribution in [0, 0.1) is 0 Å². The Kier molecular flexibility index (Phi) is 3.20. The molecule has 11 heavy (non-hydrogen) atoms. The molecule has 4 N–H and O–H groups in total. The molecule has 0 heterocycles. The van der Waals surface area contributed by atoms with Crippen LogP contribution in [-0.4, -0.2) is 25.7 Å². The van der Waals surface area contributed by atoms with Crippen molar-refractivity contribution in [1.82, 2.24) is 0 Å². The van der Waals surface area contributed by atoms with E-state index in [0.717, 1.165) is 0 Å². The van der Waals surface area contributed by atoms with Gasteiger partial charge in [-0.1, -0.05) is 6.58 Å². The summed E-state index contributed by atoms with van der Waals surface area (Å²) in [7, 11) is -8.95. The highest BCUT2D eigenvalue weighted by molar-refractivity contribution is 7.59. The molecule has 0 atom stereocenters. The van der Waals surface area contributed by atoms with Crippen LogP contribution in [0.4, 0.5) is 0 Å². The summed E-state index contributed by atoms with van der Waals surface area (Å²) in [5.41, 5.74) is 0. The van der Waals surface area contributed by atoms with Crippen LogP contribution >= 0.6 is 15.2 Å². The highest BCUT2D eigenvalue weighted by Gasteiger charge is 2.25. The molecule has 6 nitrogen and oxygen atoms in total. The van der Waals surface area contributed by atoms with Gasteiger partial charge in [0.25, 0.3) is 0 Å². The van der Waals surface area contributed by atoms with Gasteiger partial charge in [0.1, 0.15) is 0 Å². The largest absolute Gasteiger partial charge is 0.352 e. The molecule has 0 aliphatic rings. The summed E-state index contributed by atoms with van der Waals surface area (Å²) >= 11 is 0. The van der Waals surface area contributed by atoms with Gasteiger partial charge in [0.15, 0.2) is 0 Å². The minimum Gasteiger partial charge on any atom is -0.324 e. The van der Waals surface area contributed by atoms with Gasteiger partial charge >= 0.3 is 15.2 Å². The molecule has 0 aliphatic heterocycles. The Bertz CT molecular complexity index is 245. The zero-order valence-electron chi connectivity index (χ0n) is 5.41. The fourth-order valence-corrected chi connectivity index (χ4v) is 2.09. The molecule has 0 saturated carbocycles. The third kappa shape index (κ3) is 5.32. The number of hydrogen-bond acceptors (Lipinski definition) is 2. The first kappa shape index (κ1) is 11.0. The topological polar surface area (TPSA) is 115 Å². The molecule has 0 aromatic carbocycles. The first-order chi connectivity index (χ1) is 4.63. The smallest absolute Gasteiger partial charge is 0.324 e. The number of hydrogen-bond donors (Lipinski definition) is 4. The molecular weight excluding hydrogens is 194 g/mol. The Hall–Kier alpha value is 0.0400. The third-order valence-corrected chi connectivity index (χ3v) is 2.83. The zero-order valence-corrected chi connectivity index (χ0v) is 7.20. The van der Waals surface area contributed by atoms with E-state index in [2.05, 4.69) is 6.58 Å². The fourth-order valence-electron chi connectivity index (χ4n) is 0.330. The maximum absolute atomic E-state index is 10.3.